The van der Waals surface area contributed by atoms with Crippen molar-refractivity contribution >= 4 is 17.4 Å². The predicted molar refractivity (Wildman–Crippen MR) is 118 cm³/mol. The number of hydrogen-bond acceptors (Lipinski definition) is 6. The van der Waals surface area contributed by atoms with E-state index in [9.17, 15) is 14.7 Å². The molecule has 7 nitrogen and oxygen atoms in total. The number of methoxy groups -OCH3 is 2. The molecule has 31 heavy (non-hydrogen) atoms. The Morgan fingerprint density at radius 2 is 1.77 bits per heavy atom. The van der Waals surface area contributed by atoms with Crippen molar-refractivity contribution in [1.29, 1.82) is 0 Å². The third-order valence-electron chi connectivity index (χ3n) is 5.33. The minimum atomic E-state index is -0.761. The summed E-state index contributed by atoms with van der Waals surface area (Å²) in [5, 5.41) is 11.0. The Balaban J connectivity index is 2.15. The molecule has 0 aliphatic carbocycles. The molecule has 7 heteroatoms. The molecule has 2 aromatic carbocycles. The first-order valence-electron chi connectivity index (χ1n) is 10.1. The highest BCUT2D eigenvalue weighted by molar-refractivity contribution is 6.46. The van der Waals surface area contributed by atoms with Gasteiger partial charge in [0.05, 0.1) is 25.8 Å². The van der Waals surface area contributed by atoms with Crippen molar-refractivity contribution in [2.45, 2.75) is 12.5 Å². The Morgan fingerprint density at radius 1 is 1.06 bits per heavy atom. The van der Waals surface area contributed by atoms with Crippen LogP contribution in [0.3, 0.4) is 0 Å². The highest BCUT2D eigenvalue weighted by Gasteiger charge is 2.46. The van der Waals surface area contributed by atoms with Crippen LogP contribution in [-0.2, 0) is 9.59 Å². The lowest BCUT2D eigenvalue weighted by Gasteiger charge is -2.27. The van der Waals surface area contributed by atoms with Gasteiger partial charge in [-0.25, -0.2) is 0 Å². The first kappa shape index (κ1) is 22.4. The number of amides is 1. The topological polar surface area (TPSA) is 79.3 Å². The number of aliphatic hydroxyl groups excluding tert-OH is 1. The van der Waals surface area contributed by atoms with Crippen molar-refractivity contribution in [2.75, 3.05) is 41.4 Å². The van der Waals surface area contributed by atoms with Gasteiger partial charge in [0.25, 0.3) is 11.7 Å². The molecule has 1 aliphatic heterocycles. The molecule has 3 rings (SSSR count). The molecule has 0 bridgehead atoms. The summed E-state index contributed by atoms with van der Waals surface area (Å²) in [5.41, 5.74) is 1.15. The number of rotatable bonds is 8. The number of aliphatic hydroxyl groups is 1. The number of carbonyl (C=O) groups is 2. The van der Waals surface area contributed by atoms with Crippen LogP contribution in [0.25, 0.3) is 5.76 Å². The van der Waals surface area contributed by atoms with Crippen LogP contribution in [0.1, 0.15) is 23.6 Å². The third kappa shape index (κ3) is 4.56. The lowest BCUT2D eigenvalue weighted by atomic mass is 9.94. The molecule has 0 radical (unpaired) electrons. The quantitative estimate of drug-likeness (QED) is 0.399. The zero-order chi connectivity index (χ0) is 22.5. The maximum atomic E-state index is 13.0. The molecule has 0 spiro atoms. The average Bonchev–Trinajstić information content (AvgIpc) is 3.03. The van der Waals surface area contributed by atoms with E-state index in [-0.39, 0.29) is 11.3 Å². The first-order valence-corrected chi connectivity index (χ1v) is 10.1. The van der Waals surface area contributed by atoms with E-state index in [1.54, 1.807) is 49.6 Å². The maximum Gasteiger partial charge on any atom is 0.295 e. The van der Waals surface area contributed by atoms with Gasteiger partial charge in [0, 0.05) is 23.7 Å². The first-order chi connectivity index (χ1) is 14.9. The number of nitrogens with zero attached hydrogens (tertiary/aromatic N) is 2. The van der Waals surface area contributed by atoms with E-state index in [1.165, 1.54) is 12.0 Å². The fourth-order valence-corrected chi connectivity index (χ4v) is 3.79. The molecule has 1 saturated heterocycles. The van der Waals surface area contributed by atoms with Crippen LogP contribution in [0.4, 0.5) is 0 Å². The number of carbonyl (C=O) groups excluding carboxylic acids is 2. The Morgan fingerprint density at radius 3 is 2.39 bits per heavy atom. The predicted octanol–water partition coefficient (Wildman–Crippen LogP) is 3.08. The zero-order valence-electron chi connectivity index (χ0n) is 18.3. The summed E-state index contributed by atoms with van der Waals surface area (Å²) in [6, 6.07) is 13.2. The van der Waals surface area contributed by atoms with Gasteiger partial charge in [0.2, 0.25) is 0 Å². The second-order valence-electron chi connectivity index (χ2n) is 7.62. The van der Waals surface area contributed by atoms with Crippen molar-refractivity contribution in [3.63, 3.8) is 0 Å². The summed E-state index contributed by atoms with van der Waals surface area (Å²) in [6.45, 7) is 1.13. The molecule has 1 aliphatic rings. The fraction of sp³-hybridized carbons (Fsp3) is 0.333. The molecule has 1 N–H and O–H groups in total. The normalized spacial score (nSPS) is 18.0. The molecule has 0 aromatic heterocycles. The highest BCUT2D eigenvalue weighted by atomic mass is 16.5. The summed E-state index contributed by atoms with van der Waals surface area (Å²) in [5.74, 6) is -0.457. The Kier molecular flexibility index (Phi) is 6.97. The van der Waals surface area contributed by atoms with Gasteiger partial charge in [-0.3, -0.25) is 9.59 Å². The number of ether oxygens (including phenoxy) is 2. The number of likely N-dealkylation sites (tertiary alicyclic amines) is 1. The summed E-state index contributed by atoms with van der Waals surface area (Å²) in [7, 11) is 6.98. The molecule has 0 unspecified atom stereocenters. The number of Topliss-reactive ketones (excluding diaryl/α,β-unsaturated/α-hetero) is 1. The van der Waals surface area contributed by atoms with Gasteiger partial charge in [-0.1, -0.05) is 30.3 Å². The smallest absolute Gasteiger partial charge is 0.295 e. The SMILES string of the molecule is COc1ccc([C@@H]2C(=C(O)c3ccccc3)C(=O)C(=O)N2CCCN(C)C)c(OC)c1. The van der Waals surface area contributed by atoms with Gasteiger partial charge in [-0.05, 0) is 39.2 Å². The monoisotopic (exact) mass is 424 g/mol. The van der Waals surface area contributed by atoms with E-state index in [1.807, 2.05) is 25.1 Å². The largest absolute Gasteiger partial charge is 0.507 e. The molecule has 164 valence electrons. The van der Waals surface area contributed by atoms with Gasteiger partial charge >= 0.3 is 0 Å². The summed E-state index contributed by atoms with van der Waals surface area (Å²) < 4.78 is 10.8. The standard InChI is InChI=1S/C24H28N2O5/c1-25(2)13-8-14-26-21(18-12-11-17(30-3)15-19(18)31-4)20(23(28)24(26)29)22(27)16-9-6-5-7-10-16/h5-7,9-12,15,21,27H,8,13-14H2,1-4H3/t21-/m1/s1. The van der Waals surface area contributed by atoms with Crippen LogP contribution in [0.15, 0.2) is 54.1 Å². The van der Waals surface area contributed by atoms with Crippen LogP contribution in [0.5, 0.6) is 11.5 Å². The number of ketones is 1. The van der Waals surface area contributed by atoms with Gasteiger partial charge in [0.15, 0.2) is 0 Å². The van der Waals surface area contributed by atoms with Crippen LogP contribution >= 0.6 is 0 Å². The molecule has 2 aromatic rings. The maximum absolute atomic E-state index is 13.0. The van der Waals surface area contributed by atoms with Crippen LogP contribution in [0, 0.1) is 0 Å². The van der Waals surface area contributed by atoms with Crippen molar-refractivity contribution in [2.24, 2.45) is 0 Å². The number of hydrogen-bond donors (Lipinski definition) is 1. The van der Waals surface area contributed by atoms with Gasteiger partial charge in [-0.15, -0.1) is 0 Å². The van der Waals surface area contributed by atoms with Crippen LogP contribution in [0.2, 0.25) is 0 Å². The van der Waals surface area contributed by atoms with Gasteiger partial charge in [-0.2, -0.15) is 0 Å². The van der Waals surface area contributed by atoms with Gasteiger partial charge in [0.1, 0.15) is 17.3 Å². The van der Waals surface area contributed by atoms with E-state index in [4.69, 9.17) is 9.47 Å². The zero-order valence-corrected chi connectivity index (χ0v) is 18.3. The van der Waals surface area contributed by atoms with E-state index in [0.29, 0.717) is 35.6 Å². The molecular weight excluding hydrogens is 396 g/mol. The molecular formula is C24H28N2O5. The van der Waals surface area contributed by atoms with Crippen LogP contribution < -0.4 is 9.47 Å². The minimum absolute atomic E-state index is 0.0597. The van der Waals surface area contributed by atoms with Gasteiger partial charge < -0.3 is 24.4 Å². The van der Waals surface area contributed by atoms with Crippen molar-refractivity contribution < 1.29 is 24.2 Å². The second kappa shape index (κ2) is 9.66. The molecule has 1 atom stereocenters. The van der Waals surface area contributed by atoms with Crippen LogP contribution in [-0.4, -0.2) is 68.0 Å². The van der Waals surface area contributed by atoms with Crippen molar-refractivity contribution in [1.82, 2.24) is 9.80 Å². The van der Waals surface area contributed by atoms with E-state index < -0.39 is 17.7 Å². The van der Waals surface area contributed by atoms with E-state index in [0.717, 1.165) is 6.54 Å². The van der Waals surface area contributed by atoms with E-state index in [2.05, 4.69) is 0 Å². The Labute approximate surface area is 182 Å². The highest BCUT2D eigenvalue weighted by Crippen LogP contribution is 2.43. The second-order valence-corrected chi connectivity index (χ2v) is 7.62. The Hall–Kier alpha value is -3.32. The van der Waals surface area contributed by atoms with E-state index >= 15 is 0 Å². The number of benzene rings is 2. The van der Waals surface area contributed by atoms with Crippen molar-refractivity contribution in [3.05, 3.63) is 65.2 Å². The fourth-order valence-electron chi connectivity index (χ4n) is 3.79. The summed E-state index contributed by atoms with van der Waals surface area (Å²) >= 11 is 0. The minimum Gasteiger partial charge on any atom is -0.507 e. The third-order valence-corrected chi connectivity index (χ3v) is 5.33. The molecule has 1 fully saturated rings. The molecule has 0 saturated carbocycles. The molecule has 1 amide bonds. The summed E-state index contributed by atoms with van der Waals surface area (Å²) in [6.07, 6.45) is 0.681. The lowest BCUT2D eigenvalue weighted by Crippen LogP contribution is -2.32. The average molecular weight is 424 g/mol. The summed E-state index contributed by atoms with van der Waals surface area (Å²) in [4.78, 5) is 29.6. The molecule has 1 heterocycles. The van der Waals surface area contributed by atoms with Crippen molar-refractivity contribution in [3.8, 4) is 11.5 Å². The lowest BCUT2D eigenvalue weighted by molar-refractivity contribution is -0.140. The Bertz CT molecular complexity index is 985.